The zero-order valence-corrected chi connectivity index (χ0v) is 18.3. The highest BCUT2D eigenvalue weighted by atomic mass is 16.5. The summed E-state index contributed by atoms with van der Waals surface area (Å²) >= 11 is 0. The van der Waals surface area contributed by atoms with Gasteiger partial charge in [0.1, 0.15) is 0 Å². The first kappa shape index (κ1) is 21.0. The maximum atomic E-state index is 5.83. The van der Waals surface area contributed by atoms with E-state index in [2.05, 4.69) is 34.6 Å². The molecule has 4 rings (SSSR count). The van der Waals surface area contributed by atoms with Crippen LogP contribution in [-0.4, -0.2) is 32.9 Å². The number of rotatable bonds is 7. The molecule has 1 N–H and O–H groups in total. The first-order valence-corrected chi connectivity index (χ1v) is 10.4. The number of pyridine rings is 1. The predicted octanol–water partition coefficient (Wildman–Crippen LogP) is 4.48. The van der Waals surface area contributed by atoms with Crippen LogP contribution in [0.25, 0.3) is 0 Å². The monoisotopic (exact) mass is 420 g/mol. The second kappa shape index (κ2) is 9.27. The van der Waals surface area contributed by atoms with Crippen LogP contribution in [0.15, 0.2) is 54.7 Å². The molecule has 1 aromatic heterocycles. The van der Waals surface area contributed by atoms with Gasteiger partial charge in [-0.05, 0) is 66.4 Å². The molecule has 0 spiro atoms. The third-order valence-electron chi connectivity index (χ3n) is 5.61. The highest BCUT2D eigenvalue weighted by molar-refractivity contribution is 5.54. The van der Waals surface area contributed by atoms with E-state index >= 15 is 0 Å². The third-order valence-corrected chi connectivity index (χ3v) is 5.61. The van der Waals surface area contributed by atoms with Gasteiger partial charge in [-0.1, -0.05) is 12.1 Å². The largest absolute Gasteiger partial charge is 0.493 e. The van der Waals surface area contributed by atoms with Gasteiger partial charge in [0.05, 0.1) is 45.7 Å². The van der Waals surface area contributed by atoms with Crippen LogP contribution in [0, 0.1) is 0 Å². The van der Waals surface area contributed by atoms with Crippen LogP contribution in [0.4, 0.5) is 0 Å². The summed E-state index contributed by atoms with van der Waals surface area (Å²) in [6.07, 6.45) is 2.63. The Bertz CT molecular complexity index is 1040. The van der Waals surface area contributed by atoms with Crippen molar-refractivity contribution in [3.05, 3.63) is 77.1 Å². The molecular weight excluding hydrogens is 392 g/mol. The van der Waals surface area contributed by atoms with Crippen molar-refractivity contribution in [2.45, 2.75) is 25.4 Å². The van der Waals surface area contributed by atoms with Crippen LogP contribution in [0.1, 0.15) is 41.4 Å². The zero-order valence-electron chi connectivity index (χ0n) is 18.3. The fourth-order valence-electron chi connectivity index (χ4n) is 4.14. The second-order valence-electron chi connectivity index (χ2n) is 7.36. The average molecular weight is 421 g/mol. The summed E-state index contributed by atoms with van der Waals surface area (Å²) in [6.45, 7) is 2.53. The molecule has 31 heavy (non-hydrogen) atoms. The Morgan fingerprint density at radius 2 is 1.68 bits per heavy atom. The van der Waals surface area contributed by atoms with E-state index in [9.17, 15) is 0 Å². The smallest absolute Gasteiger partial charge is 0.161 e. The van der Waals surface area contributed by atoms with E-state index < -0.39 is 0 Å². The Kier molecular flexibility index (Phi) is 6.28. The van der Waals surface area contributed by atoms with Crippen LogP contribution in [0.3, 0.4) is 0 Å². The first-order valence-electron chi connectivity index (χ1n) is 10.4. The summed E-state index contributed by atoms with van der Waals surface area (Å²) in [6, 6.07) is 16.2. The van der Waals surface area contributed by atoms with Crippen molar-refractivity contribution in [1.29, 1.82) is 0 Å². The van der Waals surface area contributed by atoms with Gasteiger partial charge in [0.15, 0.2) is 23.0 Å². The Labute approximate surface area is 183 Å². The van der Waals surface area contributed by atoms with Gasteiger partial charge in [-0.3, -0.25) is 10.3 Å². The molecule has 2 heterocycles. The summed E-state index contributed by atoms with van der Waals surface area (Å²) in [5.74, 6) is 2.88. The lowest BCUT2D eigenvalue weighted by Gasteiger charge is -2.34. The summed E-state index contributed by atoms with van der Waals surface area (Å²) in [5, 5.41) is 3.78. The van der Waals surface area contributed by atoms with Crippen molar-refractivity contribution in [3.63, 3.8) is 0 Å². The van der Waals surface area contributed by atoms with Crippen molar-refractivity contribution in [3.8, 4) is 23.0 Å². The molecule has 3 aromatic rings. The second-order valence-corrected chi connectivity index (χ2v) is 7.36. The number of hydrogen-bond acceptors (Lipinski definition) is 6. The fraction of sp³-hybridized carbons (Fsp3) is 0.320. The third kappa shape index (κ3) is 4.16. The SMILES string of the molecule is CCOc1cc([C@@H]2N[C@H](c3ccccn3)Cc3cc(OC)c(OC)cc32)ccc1OC. The Balaban J connectivity index is 1.83. The molecular formula is C25H28N2O4. The van der Waals surface area contributed by atoms with Crippen molar-refractivity contribution in [2.75, 3.05) is 27.9 Å². The van der Waals surface area contributed by atoms with Gasteiger partial charge in [0.2, 0.25) is 0 Å². The number of methoxy groups -OCH3 is 3. The number of hydrogen-bond donors (Lipinski definition) is 1. The van der Waals surface area contributed by atoms with E-state index in [4.69, 9.17) is 18.9 Å². The van der Waals surface area contributed by atoms with Gasteiger partial charge >= 0.3 is 0 Å². The molecule has 0 radical (unpaired) electrons. The van der Waals surface area contributed by atoms with Gasteiger partial charge in [-0.15, -0.1) is 0 Å². The molecule has 0 fully saturated rings. The summed E-state index contributed by atoms with van der Waals surface area (Å²) in [7, 11) is 4.98. The maximum absolute atomic E-state index is 5.83. The van der Waals surface area contributed by atoms with Gasteiger partial charge in [-0.2, -0.15) is 0 Å². The first-order chi connectivity index (χ1) is 15.2. The number of benzene rings is 2. The summed E-state index contributed by atoms with van der Waals surface area (Å²) < 4.78 is 22.5. The van der Waals surface area contributed by atoms with Crippen LogP contribution in [-0.2, 0) is 6.42 Å². The molecule has 0 bridgehead atoms. The van der Waals surface area contributed by atoms with Gasteiger partial charge < -0.3 is 18.9 Å². The number of nitrogens with one attached hydrogen (secondary N) is 1. The molecule has 6 heteroatoms. The van der Waals surface area contributed by atoms with E-state index in [-0.39, 0.29) is 12.1 Å². The molecule has 0 amide bonds. The lowest BCUT2D eigenvalue weighted by Crippen LogP contribution is -2.34. The van der Waals surface area contributed by atoms with Crippen molar-refractivity contribution in [1.82, 2.24) is 10.3 Å². The Morgan fingerprint density at radius 3 is 2.35 bits per heavy atom. The van der Waals surface area contributed by atoms with E-state index in [1.54, 1.807) is 21.3 Å². The van der Waals surface area contributed by atoms with Crippen molar-refractivity contribution >= 4 is 0 Å². The lowest BCUT2D eigenvalue weighted by atomic mass is 9.85. The molecule has 2 atom stereocenters. The fourth-order valence-corrected chi connectivity index (χ4v) is 4.14. The van der Waals surface area contributed by atoms with Crippen LogP contribution >= 0.6 is 0 Å². The minimum Gasteiger partial charge on any atom is -0.493 e. The van der Waals surface area contributed by atoms with Crippen molar-refractivity contribution in [2.24, 2.45) is 0 Å². The molecule has 0 saturated carbocycles. The Morgan fingerprint density at radius 1 is 0.903 bits per heavy atom. The normalized spacial score (nSPS) is 17.5. The highest BCUT2D eigenvalue weighted by Crippen LogP contribution is 2.42. The number of aromatic nitrogens is 1. The zero-order chi connectivity index (χ0) is 21.8. The molecule has 1 aliphatic heterocycles. The van der Waals surface area contributed by atoms with E-state index in [1.807, 2.05) is 37.4 Å². The van der Waals surface area contributed by atoms with Gasteiger partial charge in [-0.25, -0.2) is 0 Å². The van der Waals surface area contributed by atoms with E-state index in [1.165, 1.54) is 5.56 Å². The number of fused-ring (bicyclic) bond motifs is 1. The Hall–Kier alpha value is -3.25. The standard InChI is InChI=1S/C25H28N2O4/c1-5-31-24-13-16(9-10-21(24)28-2)25-18-15-23(30-4)22(29-3)14-17(18)12-20(27-25)19-8-6-7-11-26-19/h6-11,13-15,20,25,27H,5,12H2,1-4H3/t20-,25-/m0/s1. The molecule has 0 aliphatic carbocycles. The van der Waals surface area contributed by atoms with E-state index in [0.29, 0.717) is 12.4 Å². The van der Waals surface area contributed by atoms with E-state index in [0.717, 1.165) is 40.5 Å². The summed E-state index contributed by atoms with van der Waals surface area (Å²) in [4.78, 5) is 4.59. The molecule has 2 aromatic carbocycles. The molecule has 162 valence electrons. The average Bonchev–Trinajstić information content (AvgIpc) is 2.83. The quantitative estimate of drug-likeness (QED) is 0.608. The predicted molar refractivity (Wildman–Crippen MR) is 119 cm³/mol. The highest BCUT2D eigenvalue weighted by Gasteiger charge is 2.31. The molecule has 1 aliphatic rings. The lowest BCUT2D eigenvalue weighted by molar-refractivity contribution is 0.310. The minimum absolute atomic E-state index is 0.0643. The molecule has 0 unspecified atom stereocenters. The summed E-state index contributed by atoms with van der Waals surface area (Å²) in [5.41, 5.74) is 4.44. The van der Waals surface area contributed by atoms with Gasteiger partial charge in [0.25, 0.3) is 0 Å². The number of nitrogens with zero attached hydrogens (tertiary/aromatic N) is 1. The topological polar surface area (TPSA) is 61.8 Å². The number of ether oxygens (including phenoxy) is 4. The van der Waals surface area contributed by atoms with Crippen LogP contribution < -0.4 is 24.3 Å². The van der Waals surface area contributed by atoms with Crippen LogP contribution in [0.5, 0.6) is 23.0 Å². The van der Waals surface area contributed by atoms with Crippen molar-refractivity contribution < 1.29 is 18.9 Å². The molecule has 0 saturated heterocycles. The maximum Gasteiger partial charge on any atom is 0.161 e. The minimum atomic E-state index is -0.0688. The van der Waals surface area contributed by atoms with Crippen LogP contribution in [0.2, 0.25) is 0 Å². The van der Waals surface area contributed by atoms with Gasteiger partial charge in [0, 0.05) is 6.20 Å². The molecule has 6 nitrogen and oxygen atoms in total.